The van der Waals surface area contributed by atoms with Crippen LogP contribution in [0, 0.1) is 12.3 Å². The number of hydrogen-bond donors (Lipinski definition) is 1. The normalized spacial score (nSPS) is 19.1. The van der Waals surface area contributed by atoms with Crippen LogP contribution in [0.2, 0.25) is 0 Å². The van der Waals surface area contributed by atoms with Gasteiger partial charge in [-0.15, -0.1) is 0 Å². The lowest BCUT2D eigenvalue weighted by atomic mass is 9.79. The van der Waals surface area contributed by atoms with E-state index in [9.17, 15) is 13.6 Å². The Morgan fingerprint density at radius 3 is 2.70 bits per heavy atom. The molecule has 2 aliphatic rings. The third kappa shape index (κ3) is 4.74. The molecule has 0 bridgehead atoms. The number of carbonyl (C=O) groups excluding carboxylic acids is 1. The second-order valence-electron chi connectivity index (χ2n) is 8.16. The summed E-state index contributed by atoms with van der Waals surface area (Å²) >= 11 is 1.04. The van der Waals surface area contributed by atoms with Crippen molar-refractivity contribution in [1.29, 1.82) is 0 Å². The van der Waals surface area contributed by atoms with Crippen LogP contribution in [0.3, 0.4) is 0 Å². The minimum absolute atomic E-state index is 0.293. The molecule has 2 fully saturated rings. The van der Waals surface area contributed by atoms with Gasteiger partial charge < -0.3 is 19.3 Å². The van der Waals surface area contributed by atoms with Gasteiger partial charge >= 0.3 is 3.93 Å². The molecule has 1 atom stereocenters. The van der Waals surface area contributed by atoms with Crippen LogP contribution >= 0.6 is 22.6 Å². The predicted octanol–water partition coefficient (Wildman–Crippen LogP) is 4.17. The summed E-state index contributed by atoms with van der Waals surface area (Å²) in [6, 6.07) is 4.50. The first-order chi connectivity index (χ1) is 14.1. The number of carbonyl (C=O) groups is 1. The van der Waals surface area contributed by atoms with Crippen LogP contribution in [0.5, 0.6) is 5.75 Å². The van der Waals surface area contributed by atoms with Crippen LogP contribution < -0.4 is 10.1 Å². The van der Waals surface area contributed by atoms with Crippen molar-refractivity contribution in [2.24, 2.45) is 5.41 Å². The van der Waals surface area contributed by atoms with Crippen molar-refractivity contribution < 1.29 is 27.6 Å². The summed E-state index contributed by atoms with van der Waals surface area (Å²) < 4.78 is 39.4. The summed E-state index contributed by atoms with van der Waals surface area (Å²) in [5.74, 6) is 1.02. The molecule has 1 amide bonds. The van der Waals surface area contributed by atoms with E-state index in [1.807, 2.05) is 6.92 Å². The first-order valence-electron chi connectivity index (χ1n) is 9.67. The van der Waals surface area contributed by atoms with Gasteiger partial charge in [-0.2, -0.15) is 13.8 Å². The van der Waals surface area contributed by atoms with E-state index in [0.29, 0.717) is 42.2 Å². The summed E-state index contributed by atoms with van der Waals surface area (Å²) in [6.07, 6.45) is 1.97. The van der Waals surface area contributed by atoms with Gasteiger partial charge in [-0.05, 0) is 36.5 Å². The molecule has 1 saturated carbocycles. The molecule has 1 N–H and O–H groups in total. The molecule has 1 aromatic carbocycles. The molecule has 7 nitrogen and oxygen atoms in total. The van der Waals surface area contributed by atoms with Gasteiger partial charge in [-0.25, -0.2) is 0 Å². The van der Waals surface area contributed by atoms with Crippen molar-refractivity contribution >= 4 is 28.5 Å². The van der Waals surface area contributed by atoms with Gasteiger partial charge in [0.2, 0.25) is 5.89 Å². The fourth-order valence-corrected chi connectivity index (χ4v) is 3.64. The van der Waals surface area contributed by atoms with Crippen molar-refractivity contribution in [3.05, 3.63) is 41.0 Å². The van der Waals surface area contributed by atoms with Crippen molar-refractivity contribution in [1.82, 2.24) is 15.5 Å². The number of aromatic nitrogens is 2. The third-order valence-electron chi connectivity index (χ3n) is 5.32. The lowest BCUT2D eigenvalue weighted by Crippen LogP contribution is -2.51. The molecule has 2 aromatic rings. The average molecular weight is 533 g/mol. The van der Waals surface area contributed by atoms with Crippen molar-refractivity contribution in [3.63, 3.8) is 0 Å². The molecule has 1 saturated heterocycles. The topological polar surface area (TPSA) is 86.5 Å². The van der Waals surface area contributed by atoms with Gasteiger partial charge in [-0.3, -0.25) is 4.79 Å². The van der Waals surface area contributed by atoms with E-state index in [4.69, 9.17) is 14.0 Å². The largest absolute Gasteiger partial charge is 0.486 e. The summed E-state index contributed by atoms with van der Waals surface area (Å²) in [7, 11) is 0. The van der Waals surface area contributed by atoms with E-state index >= 15 is 0 Å². The maximum atomic E-state index is 13.3. The number of nitrogens with zero attached hydrogens (tertiary/aromatic N) is 2. The maximum Gasteiger partial charge on any atom is 0.329 e. The Kier molecular flexibility index (Phi) is 5.73. The van der Waals surface area contributed by atoms with E-state index in [2.05, 4.69) is 15.5 Å². The Hall–Kier alpha value is -1.82. The molecule has 1 aromatic heterocycles. The smallest absolute Gasteiger partial charge is 0.329 e. The van der Waals surface area contributed by atoms with E-state index in [1.165, 1.54) is 6.07 Å². The Bertz CT molecular complexity index is 938. The van der Waals surface area contributed by atoms with Crippen molar-refractivity contribution in [2.75, 3.05) is 19.8 Å². The Morgan fingerprint density at radius 1 is 1.43 bits per heavy atom. The first-order valence-corrected chi connectivity index (χ1v) is 10.7. The third-order valence-corrected chi connectivity index (χ3v) is 5.63. The van der Waals surface area contributed by atoms with Gasteiger partial charge in [0.1, 0.15) is 11.8 Å². The summed E-state index contributed by atoms with van der Waals surface area (Å²) in [5, 5.41) is 6.93. The molecular formula is C20H22F2IN3O4. The van der Waals surface area contributed by atoms with Gasteiger partial charge in [0.15, 0.2) is 12.4 Å². The van der Waals surface area contributed by atoms with Crippen LogP contribution in [-0.4, -0.2) is 39.8 Å². The number of hydrogen-bond acceptors (Lipinski definition) is 6. The number of aryl methyl sites for hydroxylation is 1. The van der Waals surface area contributed by atoms with Crippen LogP contribution in [-0.2, 0) is 4.74 Å². The zero-order valence-electron chi connectivity index (χ0n) is 16.6. The Labute approximate surface area is 186 Å². The zero-order valence-corrected chi connectivity index (χ0v) is 18.7. The monoisotopic (exact) mass is 533 g/mol. The fraction of sp³-hybridized carbons (Fsp3) is 0.550. The lowest BCUT2D eigenvalue weighted by Gasteiger charge is -2.43. The molecule has 0 spiro atoms. The second-order valence-corrected chi connectivity index (χ2v) is 9.73. The Balaban J connectivity index is 1.57. The van der Waals surface area contributed by atoms with Gasteiger partial charge in [0, 0.05) is 40.5 Å². The minimum Gasteiger partial charge on any atom is -0.486 e. The molecule has 1 aliphatic heterocycles. The second kappa shape index (κ2) is 8.03. The highest BCUT2D eigenvalue weighted by atomic mass is 127. The van der Waals surface area contributed by atoms with Crippen LogP contribution in [0.4, 0.5) is 8.78 Å². The van der Waals surface area contributed by atoms with Crippen molar-refractivity contribution in [2.45, 2.75) is 42.6 Å². The summed E-state index contributed by atoms with van der Waals surface area (Å²) in [4.78, 5) is 17.3. The molecule has 1 aliphatic carbocycles. The molecule has 30 heavy (non-hydrogen) atoms. The quantitative estimate of drug-likeness (QED) is 0.405. The SMILES string of the molecule is Cc1nc(C(NC(=O)c2ccc(C3CC3)c(OCC(F)(F)I)c2)C2(C)COC2)no1. The van der Waals surface area contributed by atoms with E-state index in [-0.39, 0.29) is 11.3 Å². The number of nitrogens with one attached hydrogen (secondary N) is 1. The van der Waals surface area contributed by atoms with Gasteiger partial charge in [0.05, 0.1) is 13.2 Å². The number of benzene rings is 1. The van der Waals surface area contributed by atoms with Gasteiger partial charge in [0.25, 0.3) is 5.91 Å². The van der Waals surface area contributed by atoms with Crippen LogP contribution in [0.15, 0.2) is 22.7 Å². The summed E-state index contributed by atoms with van der Waals surface area (Å²) in [5.41, 5.74) is 0.805. The molecule has 1 unspecified atom stereocenters. The van der Waals surface area contributed by atoms with Crippen LogP contribution in [0.25, 0.3) is 0 Å². The zero-order chi connectivity index (χ0) is 21.5. The van der Waals surface area contributed by atoms with Gasteiger partial charge in [-0.1, -0.05) is 18.1 Å². The molecular weight excluding hydrogens is 511 g/mol. The average Bonchev–Trinajstić information content (AvgIpc) is 3.42. The number of ether oxygens (including phenoxy) is 2. The molecule has 10 heteroatoms. The lowest BCUT2D eigenvalue weighted by molar-refractivity contribution is -0.122. The predicted molar refractivity (Wildman–Crippen MR) is 111 cm³/mol. The fourth-order valence-electron chi connectivity index (χ4n) is 3.48. The van der Waals surface area contributed by atoms with E-state index < -0.39 is 16.6 Å². The number of amides is 1. The molecule has 2 heterocycles. The number of halogens is 3. The highest BCUT2D eigenvalue weighted by Crippen LogP contribution is 2.45. The number of alkyl halides is 3. The first kappa shape index (κ1) is 21.4. The van der Waals surface area contributed by atoms with E-state index in [0.717, 1.165) is 41.0 Å². The van der Waals surface area contributed by atoms with E-state index in [1.54, 1.807) is 19.1 Å². The Morgan fingerprint density at radius 2 is 2.17 bits per heavy atom. The molecule has 162 valence electrons. The summed E-state index contributed by atoms with van der Waals surface area (Å²) in [6.45, 7) is 3.80. The van der Waals surface area contributed by atoms with Crippen molar-refractivity contribution in [3.8, 4) is 5.75 Å². The van der Waals surface area contributed by atoms with Crippen LogP contribution in [0.1, 0.15) is 59.4 Å². The highest BCUT2D eigenvalue weighted by Gasteiger charge is 2.45. The maximum absolute atomic E-state index is 13.3. The highest BCUT2D eigenvalue weighted by molar-refractivity contribution is 14.1. The minimum atomic E-state index is -2.99. The number of rotatable bonds is 8. The molecule has 4 rings (SSSR count). The standard InChI is InChI=1S/C20H22F2IN3O4/c1-11-24-17(26-30-11)16(19(2)8-28-9-19)25-18(27)13-5-6-14(12-3-4-12)15(7-13)29-10-20(21,22)23/h5-7,12,16H,3-4,8-10H2,1-2H3,(H,25,27). The molecule has 0 radical (unpaired) electrons.